The van der Waals surface area contributed by atoms with Gasteiger partial charge in [0.05, 0.1) is 20.3 Å². The molecule has 0 aliphatic rings. The van der Waals surface area contributed by atoms with E-state index in [0.717, 1.165) is 11.3 Å². The van der Waals surface area contributed by atoms with Crippen molar-refractivity contribution < 1.29 is 19.1 Å². The summed E-state index contributed by atoms with van der Waals surface area (Å²) in [4.78, 5) is 21.9. The number of benzene rings is 1. The van der Waals surface area contributed by atoms with Crippen molar-refractivity contribution in [3.8, 4) is 5.75 Å². The second kappa shape index (κ2) is 10.9. The normalized spacial score (nSPS) is 9.43. The van der Waals surface area contributed by atoms with E-state index in [0.29, 0.717) is 26.0 Å². The summed E-state index contributed by atoms with van der Waals surface area (Å²) in [5, 5.41) is 2.68. The minimum atomic E-state index is -0.236. The topological polar surface area (TPSA) is 90.6 Å². The third-order valence-corrected chi connectivity index (χ3v) is 2.62. The largest absolute Gasteiger partial charge is 0.494 e. The lowest BCUT2D eigenvalue weighted by molar-refractivity contribution is -0.140. The van der Waals surface area contributed by atoms with Crippen molar-refractivity contribution >= 4 is 24.3 Å². The molecule has 21 heavy (non-hydrogen) atoms. The zero-order valence-corrected chi connectivity index (χ0v) is 12.8. The molecule has 6 nitrogen and oxygen atoms in total. The highest BCUT2D eigenvalue weighted by Gasteiger charge is 2.01. The fourth-order valence-corrected chi connectivity index (χ4v) is 1.48. The van der Waals surface area contributed by atoms with Crippen LogP contribution in [-0.2, 0) is 20.9 Å². The molecule has 1 aromatic carbocycles. The van der Waals surface area contributed by atoms with Crippen LogP contribution < -0.4 is 15.8 Å². The van der Waals surface area contributed by atoms with Crippen molar-refractivity contribution in [1.29, 1.82) is 0 Å². The van der Waals surface area contributed by atoms with Gasteiger partial charge in [-0.15, -0.1) is 12.4 Å². The van der Waals surface area contributed by atoms with Crippen molar-refractivity contribution in [2.24, 2.45) is 5.73 Å². The Morgan fingerprint density at radius 3 is 2.48 bits per heavy atom. The third kappa shape index (κ3) is 8.16. The van der Waals surface area contributed by atoms with Crippen LogP contribution in [0, 0.1) is 0 Å². The number of nitrogens with two attached hydrogens (primary N) is 1. The molecule has 0 atom stereocenters. The highest BCUT2D eigenvalue weighted by atomic mass is 35.5. The summed E-state index contributed by atoms with van der Waals surface area (Å²) in [6, 6.07) is 7.38. The van der Waals surface area contributed by atoms with Crippen LogP contribution in [0.15, 0.2) is 24.3 Å². The Balaban J connectivity index is 0.00000400. The number of halogens is 1. The first kappa shape index (κ1) is 19.2. The van der Waals surface area contributed by atoms with Gasteiger partial charge in [-0.05, 0) is 24.1 Å². The molecule has 0 saturated carbocycles. The van der Waals surface area contributed by atoms with E-state index in [9.17, 15) is 9.59 Å². The summed E-state index contributed by atoms with van der Waals surface area (Å²) in [6.45, 7) is 0.887. The van der Waals surface area contributed by atoms with Crippen molar-refractivity contribution in [1.82, 2.24) is 5.32 Å². The Morgan fingerprint density at radius 1 is 1.24 bits per heavy atom. The Kier molecular flexibility index (Phi) is 10.0. The fraction of sp³-hybridized carbons (Fsp3) is 0.429. The molecule has 0 heterocycles. The lowest BCUT2D eigenvalue weighted by Gasteiger charge is -2.07. The molecule has 1 amide bonds. The summed E-state index contributed by atoms with van der Waals surface area (Å²) in [6.07, 6.45) is 0.959. The summed E-state index contributed by atoms with van der Waals surface area (Å²) in [7, 11) is 1.37. The summed E-state index contributed by atoms with van der Waals surface area (Å²) < 4.78 is 10.0. The molecule has 1 rings (SSSR count). The maximum Gasteiger partial charge on any atom is 0.305 e. The molecule has 0 unspecified atom stereocenters. The monoisotopic (exact) mass is 316 g/mol. The predicted molar refractivity (Wildman–Crippen MR) is 81.3 cm³/mol. The van der Waals surface area contributed by atoms with Crippen LogP contribution in [0.1, 0.15) is 18.4 Å². The van der Waals surface area contributed by atoms with Crippen LogP contribution >= 0.6 is 12.4 Å². The molecule has 3 N–H and O–H groups in total. The number of carbonyl (C=O) groups is 2. The van der Waals surface area contributed by atoms with Gasteiger partial charge in [0, 0.05) is 13.0 Å². The van der Waals surface area contributed by atoms with E-state index in [1.54, 1.807) is 0 Å². The van der Waals surface area contributed by atoms with E-state index in [4.69, 9.17) is 10.5 Å². The molecule has 0 aliphatic heterocycles. The van der Waals surface area contributed by atoms with Gasteiger partial charge in [-0.25, -0.2) is 0 Å². The minimum Gasteiger partial charge on any atom is -0.494 e. The highest BCUT2D eigenvalue weighted by molar-refractivity contribution is 5.85. The van der Waals surface area contributed by atoms with Gasteiger partial charge in [-0.2, -0.15) is 0 Å². The highest BCUT2D eigenvalue weighted by Crippen LogP contribution is 2.12. The van der Waals surface area contributed by atoms with E-state index < -0.39 is 0 Å². The van der Waals surface area contributed by atoms with Gasteiger partial charge < -0.3 is 20.5 Å². The van der Waals surface area contributed by atoms with Crippen molar-refractivity contribution in [3.05, 3.63) is 29.8 Å². The number of amides is 1. The number of hydrogen-bond donors (Lipinski definition) is 2. The Labute approximate surface area is 130 Å². The summed E-state index contributed by atoms with van der Waals surface area (Å²) in [5.74, 6) is 0.302. The summed E-state index contributed by atoms with van der Waals surface area (Å²) >= 11 is 0. The average molecular weight is 317 g/mol. The average Bonchev–Trinajstić information content (AvgIpc) is 2.49. The van der Waals surface area contributed by atoms with Crippen LogP contribution in [-0.4, -0.2) is 32.1 Å². The van der Waals surface area contributed by atoms with Crippen molar-refractivity contribution in [3.63, 3.8) is 0 Å². The van der Waals surface area contributed by atoms with Crippen molar-refractivity contribution in [2.45, 2.75) is 19.4 Å². The van der Waals surface area contributed by atoms with Gasteiger partial charge in [0.1, 0.15) is 5.75 Å². The number of hydrogen-bond acceptors (Lipinski definition) is 5. The Hall–Kier alpha value is -1.79. The van der Waals surface area contributed by atoms with E-state index in [1.165, 1.54) is 7.11 Å². The van der Waals surface area contributed by atoms with Crippen molar-refractivity contribution in [2.75, 3.05) is 20.3 Å². The van der Waals surface area contributed by atoms with Gasteiger partial charge in [0.15, 0.2) is 0 Å². The zero-order chi connectivity index (χ0) is 14.8. The number of methoxy groups -OCH3 is 1. The minimum absolute atomic E-state index is 0. The van der Waals surface area contributed by atoms with E-state index in [2.05, 4.69) is 10.1 Å². The molecule has 118 valence electrons. The van der Waals surface area contributed by atoms with Gasteiger partial charge in [-0.1, -0.05) is 12.1 Å². The molecule has 0 saturated heterocycles. The first-order chi connectivity index (χ1) is 9.65. The van der Waals surface area contributed by atoms with Crippen LogP contribution in [0.3, 0.4) is 0 Å². The zero-order valence-electron chi connectivity index (χ0n) is 12.0. The molecule has 0 spiro atoms. The smallest absolute Gasteiger partial charge is 0.305 e. The molecule has 0 radical (unpaired) electrons. The molecule has 0 aliphatic carbocycles. The van der Waals surface area contributed by atoms with Gasteiger partial charge in [-0.3, -0.25) is 9.59 Å². The Morgan fingerprint density at radius 2 is 1.90 bits per heavy atom. The second-order valence-electron chi connectivity index (χ2n) is 4.15. The molecule has 0 bridgehead atoms. The summed E-state index contributed by atoms with van der Waals surface area (Å²) in [5.41, 5.74) is 6.16. The number of esters is 1. The van der Waals surface area contributed by atoms with Crippen LogP contribution in [0.4, 0.5) is 0 Å². The molecule has 1 aromatic rings. The van der Waals surface area contributed by atoms with E-state index in [1.807, 2.05) is 24.3 Å². The molecule has 7 heteroatoms. The van der Waals surface area contributed by atoms with Crippen LogP contribution in [0.2, 0.25) is 0 Å². The van der Waals surface area contributed by atoms with Crippen LogP contribution in [0.25, 0.3) is 0 Å². The number of nitrogens with one attached hydrogen (secondary N) is 1. The lowest BCUT2D eigenvalue weighted by Crippen LogP contribution is -2.29. The standard InChI is InChI=1S/C14H20N2O4.ClH/c1-19-14(18)3-2-8-20-12-6-4-11(5-7-12)10-16-13(17)9-15;/h4-7H,2-3,8-10,15H2,1H3,(H,16,17);1H. The predicted octanol–water partition coefficient (Wildman–Crippen LogP) is 1.02. The maximum atomic E-state index is 11.0. The van der Waals surface area contributed by atoms with E-state index >= 15 is 0 Å². The fourth-order valence-electron chi connectivity index (χ4n) is 1.48. The maximum absolute atomic E-state index is 11.0. The van der Waals surface area contributed by atoms with E-state index in [-0.39, 0.29) is 30.8 Å². The first-order valence-electron chi connectivity index (χ1n) is 6.41. The van der Waals surface area contributed by atoms with Gasteiger partial charge >= 0.3 is 5.97 Å². The second-order valence-corrected chi connectivity index (χ2v) is 4.15. The SMILES string of the molecule is COC(=O)CCCOc1ccc(CNC(=O)CN)cc1.Cl. The number of rotatable bonds is 8. The van der Waals surface area contributed by atoms with Gasteiger partial charge in [0.25, 0.3) is 0 Å². The molecular formula is C14H21ClN2O4. The Bertz CT molecular complexity index is 437. The first-order valence-corrected chi connectivity index (χ1v) is 6.41. The third-order valence-electron chi connectivity index (χ3n) is 2.62. The number of ether oxygens (including phenoxy) is 2. The lowest BCUT2D eigenvalue weighted by atomic mass is 10.2. The van der Waals surface area contributed by atoms with Gasteiger partial charge in [0.2, 0.25) is 5.91 Å². The number of carbonyl (C=O) groups excluding carboxylic acids is 2. The van der Waals surface area contributed by atoms with Crippen LogP contribution in [0.5, 0.6) is 5.75 Å². The quantitative estimate of drug-likeness (QED) is 0.552. The molecular weight excluding hydrogens is 296 g/mol. The molecule has 0 aromatic heterocycles. The molecule has 0 fully saturated rings.